The number of hydrogen-bond donors (Lipinski definition) is 2. The topological polar surface area (TPSA) is 136 Å². The molecule has 0 spiro atoms. The first kappa shape index (κ1) is 31.3. The Morgan fingerprint density at radius 1 is 1.00 bits per heavy atom. The maximum Gasteiger partial charge on any atom is 0.320 e. The van der Waals surface area contributed by atoms with Gasteiger partial charge in [0.15, 0.2) is 18.1 Å². The van der Waals surface area contributed by atoms with Crippen LogP contribution in [0.3, 0.4) is 0 Å². The molecule has 3 atom stereocenters. The fourth-order valence-corrected chi connectivity index (χ4v) is 6.19. The minimum Gasteiger partial charge on any atom is -0.484 e. The Hall–Kier alpha value is -4.74. The zero-order valence-corrected chi connectivity index (χ0v) is 27.1. The molecular weight excluding hydrogens is 584 g/mol. The van der Waals surface area contributed by atoms with Crippen molar-refractivity contribution in [1.29, 1.82) is 0 Å². The third-order valence-corrected chi connectivity index (χ3v) is 8.62. The molecule has 1 fully saturated rings. The fourth-order valence-electron chi connectivity index (χ4n) is 6.19. The van der Waals surface area contributed by atoms with Crippen molar-refractivity contribution in [3.05, 3.63) is 71.3 Å². The number of hydrogen-bond acceptors (Lipinski definition) is 9. The highest BCUT2D eigenvalue weighted by Crippen LogP contribution is 2.39. The second-order valence-corrected chi connectivity index (χ2v) is 13.2. The largest absolute Gasteiger partial charge is 0.484 e. The Bertz CT molecular complexity index is 1730. The lowest BCUT2D eigenvalue weighted by molar-refractivity contribution is -0.142. The van der Waals surface area contributed by atoms with Gasteiger partial charge in [0.05, 0.1) is 17.9 Å². The fraction of sp³-hybridized carbons (Fsp3) is 0.471. The summed E-state index contributed by atoms with van der Waals surface area (Å²) in [5.41, 5.74) is 3.26. The predicted octanol–water partition coefficient (Wildman–Crippen LogP) is 6.04. The van der Waals surface area contributed by atoms with E-state index in [0.29, 0.717) is 30.5 Å². The quantitative estimate of drug-likeness (QED) is 0.236. The highest BCUT2D eigenvalue weighted by atomic mass is 16.5. The standard InChI is InChI=1S/C34H42N8O4/c1-21-10-8-9-17-41(21)33-40-39-31-16-13-23(19-42(31)33)46-27-15-14-26(24-11-6-7-12-25(24)27)35-32(44)38-29-18-28(34(3,4)5)36-30(37-29)20-45-22(2)43/h6-7,11-13,16,18-19,21,26-27H,8-10,14-15,17,20H2,1-5H3,(H2,35,36,37,38,44)/t21-,26-,27+/m0/s1. The number of nitrogens with zero attached hydrogens (tertiary/aromatic N) is 6. The summed E-state index contributed by atoms with van der Waals surface area (Å²) >= 11 is 0. The van der Waals surface area contributed by atoms with Gasteiger partial charge in [-0.2, -0.15) is 0 Å². The van der Waals surface area contributed by atoms with E-state index in [9.17, 15) is 9.59 Å². The van der Waals surface area contributed by atoms with Crippen LogP contribution >= 0.6 is 0 Å². The van der Waals surface area contributed by atoms with E-state index in [1.54, 1.807) is 6.07 Å². The van der Waals surface area contributed by atoms with E-state index in [4.69, 9.17) is 9.47 Å². The summed E-state index contributed by atoms with van der Waals surface area (Å²) in [7, 11) is 0. The molecule has 3 aromatic heterocycles. The van der Waals surface area contributed by atoms with Gasteiger partial charge in [0.1, 0.15) is 17.7 Å². The van der Waals surface area contributed by atoms with Crippen LogP contribution in [-0.4, -0.2) is 49.2 Å². The highest BCUT2D eigenvalue weighted by molar-refractivity contribution is 5.88. The molecule has 1 aromatic carbocycles. The van der Waals surface area contributed by atoms with Crippen molar-refractivity contribution in [1.82, 2.24) is 29.9 Å². The Morgan fingerprint density at radius 2 is 1.80 bits per heavy atom. The summed E-state index contributed by atoms with van der Waals surface area (Å²) in [4.78, 5) is 35.9. The normalized spacial score (nSPS) is 19.8. The Balaban J connectivity index is 1.17. The van der Waals surface area contributed by atoms with Gasteiger partial charge in [-0.15, -0.1) is 10.2 Å². The number of esters is 1. The average Bonchev–Trinajstić information content (AvgIpc) is 3.44. The van der Waals surface area contributed by atoms with Gasteiger partial charge in [-0.1, -0.05) is 45.0 Å². The van der Waals surface area contributed by atoms with Gasteiger partial charge < -0.3 is 19.7 Å². The number of ether oxygens (including phenoxy) is 2. The highest BCUT2D eigenvalue weighted by Gasteiger charge is 2.30. The molecule has 6 rings (SSSR count). The molecule has 2 amide bonds. The molecule has 0 radical (unpaired) electrons. The summed E-state index contributed by atoms with van der Waals surface area (Å²) in [5.74, 6) is 1.83. The number of anilines is 2. The minimum atomic E-state index is -0.425. The van der Waals surface area contributed by atoms with E-state index < -0.39 is 5.97 Å². The second-order valence-electron chi connectivity index (χ2n) is 13.2. The molecular formula is C34H42N8O4. The SMILES string of the molecule is CC(=O)OCc1nc(NC(=O)N[C@H]2CC[C@@H](Oc3ccc4nnc(N5CCCC[C@@H]5C)n4c3)c3ccccc32)cc(C(C)(C)C)n1. The van der Waals surface area contributed by atoms with Crippen LogP contribution in [0.2, 0.25) is 0 Å². The number of amides is 2. The lowest BCUT2D eigenvalue weighted by atomic mass is 9.85. The molecule has 2 N–H and O–H groups in total. The van der Waals surface area contributed by atoms with Crippen molar-refractivity contribution in [3.8, 4) is 5.75 Å². The number of benzene rings is 1. The van der Waals surface area contributed by atoms with E-state index >= 15 is 0 Å². The van der Waals surface area contributed by atoms with Gasteiger partial charge in [-0.05, 0) is 62.3 Å². The van der Waals surface area contributed by atoms with Gasteiger partial charge in [0.25, 0.3) is 0 Å². The predicted molar refractivity (Wildman–Crippen MR) is 174 cm³/mol. The molecule has 1 aliphatic heterocycles. The van der Waals surface area contributed by atoms with Crippen molar-refractivity contribution in [2.45, 2.75) is 96.9 Å². The molecule has 12 nitrogen and oxygen atoms in total. The van der Waals surface area contributed by atoms with Crippen LogP contribution in [0, 0.1) is 0 Å². The molecule has 2 aliphatic rings. The maximum atomic E-state index is 13.3. The molecule has 0 bridgehead atoms. The lowest BCUT2D eigenvalue weighted by Gasteiger charge is -2.33. The number of piperidine rings is 1. The number of carbonyl (C=O) groups is 2. The van der Waals surface area contributed by atoms with Gasteiger partial charge >= 0.3 is 12.0 Å². The van der Waals surface area contributed by atoms with Crippen LogP contribution in [0.5, 0.6) is 5.75 Å². The first-order chi connectivity index (χ1) is 22.0. The van der Waals surface area contributed by atoms with Crippen LogP contribution in [-0.2, 0) is 21.6 Å². The van der Waals surface area contributed by atoms with E-state index in [1.165, 1.54) is 13.3 Å². The van der Waals surface area contributed by atoms with Gasteiger partial charge in [-0.25, -0.2) is 14.8 Å². The minimum absolute atomic E-state index is 0.0735. The molecule has 4 heterocycles. The number of fused-ring (bicyclic) bond motifs is 2. The molecule has 12 heteroatoms. The van der Waals surface area contributed by atoms with Crippen LogP contribution in [0.1, 0.15) is 102 Å². The first-order valence-electron chi connectivity index (χ1n) is 16.0. The molecule has 0 saturated carbocycles. The zero-order chi connectivity index (χ0) is 32.4. The maximum absolute atomic E-state index is 13.3. The Morgan fingerprint density at radius 3 is 2.57 bits per heavy atom. The van der Waals surface area contributed by atoms with Crippen molar-refractivity contribution >= 4 is 29.4 Å². The molecule has 4 aromatic rings. The van der Waals surface area contributed by atoms with Crippen molar-refractivity contribution < 1.29 is 19.1 Å². The molecule has 1 aliphatic carbocycles. The van der Waals surface area contributed by atoms with Gasteiger partial charge in [0.2, 0.25) is 5.95 Å². The van der Waals surface area contributed by atoms with Gasteiger partial charge in [-0.3, -0.25) is 14.5 Å². The monoisotopic (exact) mass is 626 g/mol. The Kier molecular flexibility index (Phi) is 8.79. The summed E-state index contributed by atoms with van der Waals surface area (Å²) < 4.78 is 13.7. The molecule has 46 heavy (non-hydrogen) atoms. The number of nitrogens with one attached hydrogen (secondary N) is 2. The van der Waals surface area contributed by atoms with Crippen LogP contribution in [0.4, 0.5) is 16.6 Å². The molecule has 242 valence electrons. The van der Waals surface area contributed by atoms with Crippen LogP contribution in [0.15, 0.2) is 48.7 Å². The lowest BCUT2D eigenvalue weighted by Crippen LogP contribution is -2.38. The number of rotatable bonds is 7. The van der Waals surface area contributed by atoms with Gasteiger partial charge in [0, 0.05) is 31.0 Å². The third kappa shape index (κ3) is 6.90. The third-order valence-electron chi connectivity index (χ3n) is 8.62. The number of urea groups is 1. The summed E-state index contributed by atoms with van der Waals surface area (Å²) in [6.45, 7) is 10.5. The van der Waals surface area contributed by atoms with E-state index in [1.807, 2.05) is 61.7 Å². The number of pyridine rings is 1. The first-order valence-corrected chi connectivity index (χ1v) is 16.0. The summed E-state index contributed by atoms with van der Waals surface area (Å²) in [5, 5.41) is 14.9. The summed E-state index contributed by atoms with van der Waals surface area (Å²) in [6, 6.07) is 13.5. The Labute approximate surface area is 268 Å². The second kappa shape index (κ2) is 12.9. The number of carbonyl (C=O) groups excluding carboxylic acids is 2. The van der Waals surface area contributed by atoms with Crippen LogP contribution in [0.25, 0.3) is 5.65 Å². The van der Waals surface area contributed by atoms with E-state index in [-0.39, 0.29) is 30.2 Å². The average molecular weight is 627 g/mol. The van der Waals surface area contributed by atoms with Crippen molar-refractivity contribution in [2.75, 3.05) is 16.8 Å². The zero-order valence-electron chi connectivity index (χ0n) is 27.1. The van der Waals surface area contributed by atoms with E-state index in [0.717, 1.165) is 53.6 Å². The van der Waals surface area contributed by atoms with Crippen molar-refractivity contribution in [3.63, 3.8) is 0 Å². The van der Waals surface area contributed by atoms with E-state index in [2.05, 4.69) is 48.7 Å². The van der Waals surface area contributed by atoms with Crippen molar-refractivity contribution in [2.24, 2.45) is 0 Å². The smallest absolute Gasteiger partial charge is 0.320 e. The molecule has 1 saturated heterocycles. The summed E-state index contributed by atoms with van der Waals surface area (Å²) in [6.07, 6.45) is 6.74. The number of aromatic nitrogens is 5. The molecule has 0 unspecified atom stereocenters. The van der Waals surface area contributed by atoms with Crippen LogP contribution < -0.4 is 20.3 Å².